The maximum atomic E-state index is 9.73. The van der Waals surface area contributed by atoms with Crippen LogP contribution < -0.4 is 0 Å². The molecule has 0 aromatic heterocycles. The van der Waals surface area contributed by atoms with Crippen molar-refractivity contribution in [2.45, 2.75) is 44.6 Å². The standard InChI is InChI=1S/C12H24O3/c1-14-7-8-15-10-12(13)9-11-5-3-2-4-6-11/h11-13H,2-10H2,1H3. The Kier molecular flexibility index (Phi) is 6.98. The second-order valence-electron chi connectivity index (χ2n) is 4.46. The van der Waals surface area contributed by atoms with Gasteiger partial charge in [-0.1, -0.05) is 32.1 Å². The Morgan fingerprint density at radius 1 is 1.20 bits per heavy atom. The predicted octanol–water partition coefficient (Wildman–Crippen LogP) is 1.98. The quantitative estimate of drug-likeness (QED) is 0.661. The van der Waals surface area contributed by atoms with Crippen LogP contribution in [0.15, 0.2) is 0 Å². The second kappa shape index (κ2) is 8.08. The lowest BCUT2D eigenvalue weighted by Gasteiger charge is -2.23. The Hall–Kier alpha value is -0.120. The minimum absolute atomic E-state index is 0.287. The van der Waals surface area contributed by atoms with Gasteiger partial charge >= 0.3 is 0 Å². The largest absolute Gasteiger partial charge is 0.391 e. The van der Waals surface area contributed by atoms with Crippen LogP contribution in [0.3, 0.4) is 0 Å². The lowest BCUT2D eigenvalue weighted by atomic mass is 9.85. The third-order valence-electron chi connectivity index (χ3n) is 3.07. The molecule has 1 N–H and O–H groups in total. The molecule has 1 rings (SSSR count). The fourth-order valence-corrected chi connectivity index (χ4v) is 2.24. The molecule has 90 valence electrons. The highest BCUT2D eigenvalue weighted by Crippen LogP contribution is 2.27. The fourth-order valence-electron chi connectivity index (χ4n) is 2.24. The van der Waals surface area contributed by atoms with E-state index in [-0.39, 0.29) is 6.10 Å². The molecule has 0 heterocycles. The highest BCUT2D eigenvalue weighted by molar-refractivity contribution is 4.69. The second-order valence-corrected chi connectivity index (χ2v) is 4.46. The van der Waals surface area contributed by atoms with Crippen molar-refractivity contribution in [3.05, 3.63) is 0 Å². The van der Waals surface area contributed by atoms with Crippen molar-refractivity contribution in [3.63, 3.8) is 0 Å². The van der Waals surface area contributed by atoms with Gasteiger partial charge in [-0.25, -0.2) is 0 Å². The molecule has 0 bridgehead atoms. The molecule has 0 aromatic rings. The SMILES string of the molecule is COCCOCC(O)CC1CCCCC1. The summed E-state index contributed by atoms with van der Waals surface area (Å²) in [6.07, 6.45) is 7.24. The lowest BCUT2D eigenvalue weighted by molar-refractivity contribution is 0.00226. The predicted molar refractivity (Wildman–Crippen MR) is 59.9 cm³/mol. The Morgan fingerprint density at radius 2 is 1.93 bits per heavy atom. The third kappa shape index (κ3) is 6.13. The van der Waals surface area contributed by atoms with Crippen molar-refractivity contribution in [1.29, 1.82) is 0 Å². The molecule has 1 saturated carbocycles. The number of rotatable bonds is 7. The molecule has 0 saturated heterocycles. The number of hydrogen-bond donors (Lipinski definition) is 1. The molecular weight excluding hydrogens is 192 g/mol. The molecular formula is C12H24O3. The van der Waals surface area contributed by atoms with E-state index >= 15 is 0 Å². The van der Waals surface area contributed by atoms with Crippen LogP contribution in [0.4, 0.5) is 0 Å². The summed E-state index contributed by atoms with van der Waals surface area (Å²) in [6, 6.07) is 0. The monoisotopic (exact) mass is 216 g/mol. The molecule has 3 nitrogen and oxygen atoms in total. The molecule has 1 fully saturated rings. The van der Waals surface area contributed by atoms with Gasteiger partial charge in [0.15, 0.2) is 0 Å². The Bertz CT molecular complexity index is 144. The molecule has 0 spiro atoms. The lowest BCUT2D eigenvalue weighted by Crippen LogP contribution is -2.21. The van der Waals surface area contributed by atoms with Crippen molar-refractivity contribution in [2.24, 2.45) is 5.92 Å². The average molecular weight is 216 g/mol. The average Bonchev–Trinajstić information content (AvgIpc) is 2.26. The third-order valence-corrected chi connectivity index (χ3v) is 3.07. The number of hydrogen-bond acceptors (Lipinski definition) is 3. The van der Waals surface area contributed by atoms with E-state index in [2.05, 4.69) is 0 Å². The normalized spacial score (nSPS) is 20.4. The van der Waals surface area contributed by atoms with Gasteiger partial charge in [-0.05, 0) is 12.3 Å². The smallest absolute Gasteiger partial charge is 0.0776 e. The van der Waals surface area contributed by atoms with Crippen LogP contribution in [-0.2, 0) is 9.47 Å². The van der Waals surface area contributed by atoms with Gasteiger partial charge in [0.05, 0.1) is 25.9 Å². The molecule has 0 amide bonds. The molecule has 0 radical (unpaired) electrons. The molecule has 1 unspecified atom stereocenters. The van der Waals surface area contributed by atoms with Crippen LogP contribution in [0.5, 0.6) is 0 Å². The van der Waals surface area contributed by atoms with Crippen LogP contribution in [0.25, 0.3) is 0 Å². The van der Waals surface area contributed by atoms with Crippen LogP contribution >= 0.6 is 0 Å². The number of aliphatic hydroxyl groups excluding tert-OH is 1. The number of methoxy groups -OCH3 is 1. The van der Waals surface area contributed by atoms with E-state index in [1.54, 1.807) is 7.11 Å². The highest BCUT2D eigenvalue weighted by atomic mass is 16.5. The molecule has 3 heteroatoms. The fraction of sp³-hybridized carbons (Fsp3) is 1.00. The molecule has 1 aliphatic rings. The van der Waals surface area contributed by atoms with Crippen molar-refractivity contribution in [1.82, 2.24) is 0 Å². The molecule has 15 heavy (non-hydrogen) atoms. The first-order valence-electron chi connectivity index (χ1n) is 6.07. The van der Waals surface area contributed by atoms with Crippen LogP contribution in [0, 0.1) is 5.92 Å². The summed E-state index contributed by atoms with van der Waals surface area (Å²) >= 11 is 0. The van der Waals surface area contributed by atoms with E-state index in [1.165, 1.54) is 32.1 Å². The van der Waals surface area contributed by atoms with Gasteiger partial charge < -0.3 is 14.6 Å². The van der Waals surface area contributed by atoms with Crippen LogP contribution in [0.2, 0.25) is 0 Å². The first-order chi connectivity index (χ1) is 7.33. The van der Waals surface area contributed by atoms with Crippen molar-refractivity contribution in [3.8, 4) is 0 Å². The molecule has 0 aliphatic heterocycles. The first kappa shape index (κ1) is 12.9. The van der Waals surface area contributed by atoms with Gasteiger partial charge in [0.1, 0.15) is 0 Å². The first-order valence-corrected chi connectivity index (χ1v) is 6.07. The number of aliphatic hydroxyl groups is 1. The Morgan fingerprint density at radius 3 is 2.60 bits per heavy atom. The van der Waals surface area contributed by atoms with Crippen LogP contribution in [-0.4, -0.2) is 38.1 Å². The summed E-state index contributed by atoms with van der Waals surface area (Å²) in [5.41, 5.74) is 0. The van der Waals surface area contributed by atoms with Crippen molar-refractivity contribution >= 4 is 0 Å². The maximum absolute atomic E-state index is 9.73. The summed E-state index contributed by atoms with van der Waals surface area (Å²) in [7, 11) is 1.65. The summed E-state index contributed by atoms with van der Waals surface area (Å²) in [4.78, 5) is 0. The van der Waals surface area contributed by atoms with E-state index < -0.39 is 0 Å². The zero-order chi connectivity index (χ0) is 10.9. The van der Waals surface area contributed by atoms with Gasteiger partial charge in [0.2, 0.25) is 0 Å². The van der Waals surface area contributed by atoms with E-state index in [9.17, 15) is 5.11 Å². The van der Waals surface area contributed by atoms with Crippen molar-refractivity contribution < 1.29 is 14.6 Å². The minimum atomic E-state index is -0.287. The molecule has 0 aromatic carbocycles. The summed E-state index contributed by atoms with van der Waals surface area (Å²) < 4.78 is 10.2. The van der Waals surface area contributed by atoms with E-state index in [0.29, 0.717) is 19.8 Å². The number of ether oxygens (including phenoxy) is 2. The van der Waals surface area contributed by atoms with Crippen LogP contribution in [0.1, 0.15) is 38.5 Å². The molecule has 1 atom stereocenters. The maximum Gasteiger partial charge on any atom is 0.0776 e. The Labute approximate surface area is 92.8 Å². The minimum Gasteiger partial charge on any atom is -0.391 e. The van der Waals surface area contributed by atoms with Gasteiger partial charge in [0.25, 0.3) is 0 Å². The van der Waals surface area contributed by atoms with Gasteiger partial charge in [0, 0.05) is 7.11 Å². The summed E-state index contributed by atoms with van der Waals surface area (Å²) in [5.74, 6) is 0.722. The topological polar surface area (TPSA) is 38.7 Å². The van der Waals surface area contributed by atoms with Gasteiger partial charge in [-0.15, -0.1) is 0 Å². The van der Waals surface area contributed by atoms with Gasteiger partial charge in [-0.2, -0.15) is 0 Å². The zero-order valence-corrected chi connectivity index (χ0v) is 9.78. The van der Waals surface area contributed by atoms with E-state index in [0.717, 1.165) is 12.3 Å². The summed E-state index contributed by atoms with van der Waals surface area (Å²) in [5, 5.41) is 9.73. The Balaban J connectivity index is 1.98. The van der Waals surface area contributed by atoms with E-state index in [4.69, 9.17) is 9.47 Å². The van der Waals surface area contributed by atoms with Crippen molar-refractivity contribution in [2.75, 3.05) is 26.9 Å². The van der Waals surface area contributed by atoms with Gasteiger partial charge in [-0.3, -0.25) is 0 Å². The summed E-state index contributed by atoms with van der Waals surface area (Å²) in [6.45, 7) is 1.65. The zero-order valence-electron chi connectivity index (χ0n) is 9.78. The molecule has 1 aliphatic carbocycles. The van der Waals surface area contributed by atoms with E-state index in [1.807, 2.05) is 0 Å². The highest BCUT2D eigenvalue weighted by Gasteiger charge is 2.17.